The summed E-state index contributed by atoms with van der Waals surface area (Å²) < 4.78 is 5.12. The quantitative estimate of drug-likeness (QED) is 0.444. The van der Waals surface area contributed by atoms with Gasteiger partial charge in [-0.05, 0) is 49.2 Å². The second-order valence-corrected chi connectivity index (χ2v) is 5.58. The molecule has 0 amide bonds. The van der Waals surface area contributed by atoms with E-state index >= 15 is 0 Å². The van der Waals surface area contributed by atoms with Gasteiger partial charge in [-0.3, -0.25) is 4.99 Å². The van der Waals surface area contributed by atoms with Gasteiger partial charge in [0.1, 0.15) is 5.75 Å². The average Bonchev–Trinajstić information content (AvgIpc) is 2.62. The predicted octanol–water partition coefficient (Wildman–Crippen LogP) is 3.34. The van der Waals surface area contributed by atoms with Gasteiger partial charge in [0.15, 0.2) is 5.96 Å². The Kier molecular flexibility index (Phi) is 6.95. The largest absolute Gasteiger partial charge is 0.497 e. The topological polar surface area (TPSA) is 62.9 Å². The fourth-order valence-corrected chi connectivity index (χ4v) is 2.33. The third-order valence-corrected chi connectivity index (χ3v) is 3.74. The van der Waals surface area contributed by atoms with E-state index in [0.29, 0.717) is 5.96 Å². The maximum absolute atomic E-state index is 5.91. The van der Waals surface area contributed by atoms with Gasteiger partial charge in [0.25, 0.3) is 0 Å². The molecule has 2 rings (SSSR count). The van der Waals surface area contributed by atoms with Gasteiger partial charge >= 0.3 is 0 Å². The fraction of sp³-hybridized carbons (Fsp3) is 0.316. The zero-order chi connectivity index (χ0) is 17.2. The highest BCUT2D eigenvalue weighted by molar-refractivity contribution is 5.92. The molecule has 0 heterocycles. The molecule has 0 aliphatic heterocycles. The van der Waals surface area contributed by atoms with Crippen molar-refractivity contribution in [3.05, 3.63) is 54.6 Å². The number of nitrogens with two attached hydrogens (primary N) is 1. The van der Waals surface area contributed by atoms with Gasteiger partial charge in [-0.1, -0.05) is 18.2 Å². The molecule has 0 radical (unpaired) electrons. The van der Waals surface area contributed by atoms with Crippen LogP contribution in [0.2, 0.25) is 0 Å². The van der Waals surface area contributed by atoms with Crippen LogP contribution in [0.1, 0.15) is 12.8 Å². The summed E-state index contributed by atoms with van der Waals surface area (Å²) in [6.07, 6.45) is 2.08. The number of rotatable bonds is 8. The van der Waals surface area contributed by atoms with E-state index in [9.17, 15) is 0 Å². The molecule has 3 N–H and O–H groups in total. The summed E-state index contributed by atoms with van der Waals surface area (Å²) in [5.74, 6) is 1.26. The summed E-state index contributed by atoms with van der Waals surface area (Å²) in [7, 11) is 3.76. The molecule has 0 aromatic heterocycles. The van der Waals surface area contributed by atoms with E-state index < -0.39 is 0 Å². The van der Waals surface area contributed by atoms with Crippen molar-refractivity contribution in [2.75, 3.05) is 37.5 Å². The van der Waals surface area contributed by atoms with E-state index in [2.05, 4.69) is 46.5 Å². The summed E-state index contributed by atoms with van der Waals surface area (Å²) in [6, 6.07) is 18.0. The lowest BCUT2D eigenvalue weighted by Crippen LogP contribution is -2.23. The number of hydrogen-bond acceptors (Lipinski definition) is 3. The van der Waals surface area contributed by atoms with Gasteiger partial charge in [0.05, 0.1) is 7.11 Å². The molecule has 24 heavy (non-hydrogen) atoms. The molecule has 0 aliphatic rings. The molecule has 128 valence electrons. The van der Waals surface area contributed by atoms with Crippen LogP contribution < -0.4 is 20.7 Å². The van der Waals surface area contributed by atoms with Crippen molar-refractivity contribution in [2.24, 2.45) is 10.7 Å². The Balaban J connectivity index is 1.67. The minimum atomic E-state index is 0.441. The standard InChI is InChI=1S/C19H26N4O/c1-23(17-8-4-3-5-9-17)15-7-6-14-21-19(20)22-16-10-12-18(24-2)13-11-16/h3-5,8-13H,6-7,14-15H2,1-2H3,(H3,20,21,22). The summed E-state index contributed by atoms with van der Waals surface area (Å²) in [4.78, 5) is 6.62. The van der Waals surface area contributed by atoms with Crippen LogP contribution in [0.15, 0.2) is 59.6 Å². The number of nitrogens with one attached hydrogen (secondary N) is 1. The summed E-state index contributed by atoms with van der Waals surface area (Å²) in [6.45, 7) is 1.73. The van der Waals surface area contributed by atoms with E-state index in [-0.39, 0.29) is 0 Å². The van der Waals surface area contributed by atoms with Crippen molar-refractivity contribution in [3.63, 3.8) is 0 Å². The second kappa shape index (κ2) is 9.45. The fourth-order valence-electron chi connectivity index (χ4n) is 2.33. The first-order valence-corrected chi connectivity index (χ1v) is 8.16. The second-order valence-electron chi connectivity index (χ2n) is 5.58. The molecule has 2 aromatic carbocycles. The van der Waals surface area contributed by atoms with Gasteiger partial charge < -0.3 is 20.7 Å². The number of unbranched alkanes of at least 4 members (excludes halogenated alkanes) is 1. The molecule has 0 spiro atoms. The summed E-state index contributed by atoms with van der Waals surface area (Å²) >= 11 is 0. The Morgan fingerprint density at radius 1 is 1.08 bits per heavy atom. The van der Waals surface area contributed by atoms with Crippen molar-refractivity contribution >= 4 is 17.3 Å². The number of methoxy groups -OCH3 is 1. The highest BCUT2D eigenvalue weighted by Gasteiger charge is 1.99. The Morgan fingerprint density at radius 2 is 1.79 bits per heavy atom. The van der Waals surface area contributed by atoms with Crippen LogP contribution >= 0.6 is 0 Å². The van der Waals surface area contributed by atoms with Crippen molar-refractivity contribution in [3.8, 4) is 5.75 Å². The maximum atomic E-state index is 5.91. The van der Waals surface area contributed by atoms with Gasteiger partial charge in [0, 0.05) is 31.5 Å². The van der Waals surface area contributed by atoms with Gasteiger partial charge in [-0.2, -0.15) is 0 Å². The van der Waals surface area contributed by atoms with Crippen molar-refractivity contribution in [1.82, 2.24) is 0 Å². The van der Waals surface area contributed by atoms with E-state index in [1.54, 1.807) is 7.11 Å². The Morgan fingerprint density at radius 3 is 2.46 bits per heavy atom. The van der Waals surface area contributed by atoms with Crippen LogP contribution in [-0.4, -0.2) is 33.2 Å². The van der Waals surface area contributed by atoms with Crippen LogP contribution in [0.4, 0.5) is 11.4 Å². The lowest BCUT2D eigenvalue weighted by Gasteiger charge is -2.18. The zero-order valence-electron chi connectivity index (χ0n) is 14.4. The van der Waals surface area contributed by atoms with E-state index in [1.807, 2.05) is 30.3 Å². The first-order valence-electron chi connectivity index (χ1n) is 8.16. The molecular formula is C19H26N4O. The van der Waals surface area contributed by atoms with E-state index in [1.165, 1.54) is 5.69 Å². The number of nitrogens with zero attached hydrogens (tertiary/aromatic N) is 2. The van der Waals surface area contributed by atoms with Crippen LogP contribution in [0.3, 0.4) is 0 Å². The van der Waals surface area contributed by atoms with Crippen molar-refractivity contribution in [2.45, 2.75) is 12.8 Å². The number of benzene rings is 2. The SMILES string of the molecule is COc1ccc(NC(N)=NCCCCN(C)c2ccccc2)cc1. The monoisotopic (exact) mass is 326 g/mol. The first-order chi connectivity index (χ1) is 11.7. The third-order valence-electron chi connectivity index (χ3n) is 3.74. The molecule has 0 bridgehead atoms. The lowest BCUT2D eigenvalue weighted by atomic mass is 10.2. The van der Waals surface area contributed by atoms with E-state index in [0.717, 1.165) is 37.4 Å². The van der Waals surface area contributed by atoms with Crippen LogP contribution in [-0.2, 0) is 0 Å². The minimum Gasteiger partial charge on any atom is -0.497 e. The minimum absolute atomic E-state index is 0.441. The number of anilines is 2. The third kappa shape index (κ3) is 5.83. The molecular weight excluding hydrogens is 300 g/mol. The molecule has 0 saturated heterocycles. The number of hydrogen-bond donors (Lipinski definition) is 2. The lowest BCUT2D eigenvalue weighted by molar-refractivity contribution is 0.415. The highest BCUT2D eigenvalue weighted by Crippen LogP contribution is 2.14. The van der Waals surface area contributed by atoms with Crippen molar-refractivity contribution < 1.29 is 4.74 Å². The van der Waals surface area contributed by atoms with Crippen LogP contribution in [0.25, 0.3) is 0 Å². The van der Waals surface area contributed by atoms with Crippen LogP contribution in [0.5, 0.6) is 5.75 Å². The van der Waals surface area contributed by atoms with Gasteiger partial charge in [0.2, 0.25) is 0 Å². The smallest absolute Gasteiger partial charge is 0.193 e. The molecule has 0 aliphatic carbocycles. The summed E-state index contributed by atoms with van der Waals surface area (Å²) in [5, 5.41) is 3.08. The number of para-hydroxylation sites is 1. The molecule has 0 fully saturated rings. The number of ether oxygens (including phenoxy) is 1. The predicted molar refractivity (Wildman–Crippen MR) is 102 cm³/mol. The molecule has 0 unspecified atom stereocenters. The molecule has 2 aromatic rings. The molecule has 5 nitrogen and oxygen atoms in total. The molecule has 0 saturated carbocycles. The number of aliphatic imine (C=N–C) groups is 1. The normalized spacial score (nSPS) is 11.2. The van der Waals surface area contributed by atoms with Crippen molar-refractivity contribution in [1.29, 1.82) is 0 Å². The first kappa shape index (κ1) is 17.7. The molecule has 0 atom stereocenters. The van der Waals surface area contributed by atoms with Crippen LogP contribution in [0, 0.1) is 0 Å². The number of guanidine groups is 1. The molecule has 5 heteroatoms. The highest BCUT2D eigenvalue weighted by atomic mass is 16.5. The van der Waals surface area contributed by atoms with Gasteiger partial charge in [-0.25, -0.2) is 0 Å². The maximum Gasteiger partial charge on any atom is 0.193 e. The zero-order valence-corrected chi connectivity index (χ0v) is 14.4. The van der Waals surface area contributed by atoms with Gasteiger partial charge in [-0.15, -0.1) is 0 Å². The summed E-state index contributed by atoms with van der Waals surface area (Å²) in [5.41, 5.74) is 8.05. The van der Waals surface area contributed by atoms with E-state index in [4.69, 9.17) is 10.5 Å². The Labute approximate surface area is 144 Å². The Bertz CT molecular complexity index is 626. The Hall–Kier alpha value is -2.69. The average molecular weight is 326 g/mol.